The molecule has 0 unspecified atom stereocenters. The molecule has 0 spiro atoms. The Bertz CT molecular complexity index is 723. The number of aldehydes is 1. The summed E-state index contributed by atoms with van der Waals surface area (Å²) in [6.07, 6.45) is 0.801. The van der Waals surface area contributed by atoms with E-state index in [4.69, 9.17) is 4.74 Å². The number of hydrogen-bond acceptors (Lipinski definition) is 2. The number of benzene rings is 2. The number of ether oxygens (including phenoxy) is 1. The van der Waals surface area contributed by atoms with Gasteiger partial charge in [0.1, 0.15) is 5.75 Å². The first kappa shape index (κ1) is 15.9. The predicted molar refractivity (Wildman–Crippen MR) is 89.5 cm³/mol. The smallest absolute Gasteiger partial charge is 0.151 e. The summed E-state index contributed by atoms with van der Waals surface area (Å²) in [5.41, 5.74) is 3.58. The van der Waals surface area contributed by atoms with Crippen LogP contribution in [-0.4, -0.2) is 13.4 Å². The summed E-state index contributed by atoms with van der Waals surface area (Å²) in [4.78, 5) is 11.1. The molecule has 112 valence electrons. The molecule has 0 aliphatic rings. The monoisotopic (exact) mass is 292 g/mol. The van der Waals surface area contributed by atoms with Crippen LogP contribution in [0, 0.1) is 11.8 Å². The molecule has 2 aromatic rings. The Morgan fingerprint density at radius 2 is 1.68 bits per heavy atom. The maximum Gasteiger partial charge on any atom is 0.151 e. The van der Waals surface area contributed by atoms with Crippen LogP contribution in [-0.2, 0) is 5.41 Å². The van der Waals surface area contributed by atoms with E-state index in [0.717, 1.165) is 11.8 Å². The highest BCUT2D eigenvalue weighted by Gasteiger charge is 2.12. The summed E-state index contributed by atoms with van der Waals surface area (Å²) in [6, 6.07) is 13.5. The topological polar surface area (TPSA) is 26.3 Å². The van der Waals surface area contributed by atoms with Crippen LogP contribution in [0.4, 0.5) is 0 Å². The third kappa shape index (κ3) is 3.77. The maximum absolute atomic E-state index is 11.1. The van der Waals surface area contributed by atoms with Crippen LogP contribution < -0.4 is 4.74 Å². The van der Waals surface area contributed by atoms with Gasteiger partial charge >= 0.3 is 0 Å². The van der Waals surface area contributed by atoms with Crippen LogP contribution in [0.2, 0.25) is 0 Å². The number of hydrogen-bond donors (Lipinski definition) is 0. The van der Waals surface area contributed by atoms with Crippen molar-refractivity contribution in [3.8, 4) is 17.6 Å². The molecule has 0 amide bonds. The van der Waals surface area contributed by atoms with Crippen molar-refractivity contribution < 1.29 is 9.53 Å². The molecule has 0 saturated heterocycles. The minimum atomic E-state index is 0.132. The van der Waals surface area contributed by atoms with Crippen molar-refractivity contribution in [3.05, 3.63) is 64.7 Å². The maximum atomic E-state index is 11.1. The Balaban J connectivity index is 2.29. The largest absolute Gasteiger partial charge is 0.497 e. The van der Waals surface area contributed by atoms with E-state index in [2.05, 4.69) is 44.7 Å². The van der Waals surface area contributed by atoms with Crippen molar-refractivity contribution in [1.82, 2.24) is 0 Å². The lowest BCUT2D eigenvalue weighted by Gasteiger charge is -2.18. The predicted octanol–water partition coefficient (Wildman–Crippen LogP) is 4.21. The van der Waals surface area contributed by atoms with Gasteiger partial charge in [0.15, 0.2) is 6.29 Å². The minimum absolute atomic E-state index is 0.132. The van der Waals surface area contributed by atoms with Crippen molar-refractivity contribution in [3.63, 3.8) is 0 Å². The lowest BCUT2D eigenvalue weighted by atomic mass is 9.87. The van der Waals surface area contributed by atoms with Crippen molar-refractivity contribution in [2.24, 2.45) is 0 Å². The molecular formula is C20H20O2. The normalized spacial score (nSPS) is 10.5. The molecule has 0 aromatic heterocycles. The van der Waals surface area contributed by atoms with Gasteiger partial charge in [-0.3, -0.25) is 4.79 Å². The van der Waals surface area contributed by atoms with E-state index in [-0.39, 0.29) is 5.41 Å². The lowest BCUT2D eigenvalue weighted by Crippen LogP contribution is -2.10. The quantitative estimate of drug-likeness (QED) is 0.612. The molecule has 0 N–H and O–H groups in total. The molecule has 0 heterocycles. The van der Waals surface area contributed by atoms with E-state index in [0.29, 0.717) is 16.9 Å². The van der Waals surface area contributed by atoms with Gasteiger partial charge in [-0.2, -0.15) is 0 Å². The first-order valence-electron chi connectivity index (χ1n) is 7.20. The van der Waals surface area contributed by atoms with E-state index < -0.39 is 0 Å². The van der Waals surface area contributed by atoms with Crippen molar-refractivity contribution in [2.75, 3.05) is 7.11 Å². The standard InChI is InChI=1S/C20H20O2/c1-20(2,3)18-10-6-15(7-11-18)5-8-16-9-12-19(22-4)13-17(16)14-21/h6-7,9-14H,1-4H3. The Labute approximate surface area is 132 Å². The highest BCUT2D eigenvalue weighted by atomic mass is 16.5. The minimum Gasteiger partial charge on any atom is -0.497 e. The molecule has 0 fully saturated rings. The second kappa shape index (κ2) is 6.49. The highest BCUT2D eigenvalue weighted by Crippen LogP contribution is 2.22. The summed E-state index contributed by atoms with van der Waals surface area (Å²) in [5.74, 6) is 6.81. The molecule has 2 rings (SSSR count). The Kier molecular flexibility index (Phi) is 4.68. The first-order valence-corrected chi connectivity index (χ1v) is 7.20. The van der Waals surface area contributed by atoms with Crippen molar-refractivity contribution in [1.29, 1.82) is 0 Å². The first-order chi connectivity index (χ1) is 10.4. The second-order valence-electron chi connectivity index (χ2n) is 6.15. The summed E-state index contributed by atoms with van der Waals surface area (Å²) in [7, 11) is 1.58. The summed E-state index contributed by atoms with van der Waals surface area (Å²) >= 11 is 0. The SMILES string of the molecule is COc1ccc(C#Cc2ccc(C(C)(C)C)cc2)c(C=O)c1. The summed E-state index contributed by atoms with van der Waals surface area (Å²) in [6.45, 7) is 6.55. The van der Waals surface area contributed by atoms with E-state index in [1.54, 1.807) is 25.3 Å². The molecule has 22 heavy (non-hydrogen) atoms. The van der Waals surface area contributed by atoms with Gasteiger partial charge in [0.25, 0.3) is 0 Å². The zero-order valence-corrected chi connectivity index (χ0v) is 13.4. The molecule has 2 aromatic carbocycles. The molecule has 2 heteroatoms. The van der Waals surface area contributed by atoms with Gasteiger partial charge in [0.05, 0.1) is 7.11 Å². The molecular weight excluding hydrogens is 272 g/mol. The highest BCUT2D eigenvalue weighted by molar-refractivity contribution is 5.80. The lowest BCUT2D eigenvalue weighted by molar-refractivity contribution is 0.112. The average molecular weight is 292 g/mol. The van der Waals surface area contributed by atoms with E-state index in [9.17, 15) is 4.79 Å². The van der Waals surface area contributed by atoms with E-state index in [1.165, 1.54) is 5.56 Å². The van der Waals surface area contributed by atoms with Gasteiger partial charge in [-0.15, -0.1) is 0 Å². The number of carbonyl (C=O) groups is 1. The third-order valence-electron chi connectivity index (χ3n) is 3.48. The Morgan fingerprint density at radius 1 is 1.00 bits per heavy atom. The van der Waals surface area contributed by atoms with Crippen LogP contribution in [0.25, 0.3) is 0 Å². The molecule has 0 atom stereocenters. The fourth-order valence-electron chi connectivity index (χ4n) is 2.07. The van der Waals surface area contributed by atoms with E-state index in [1.807, 2.05) is 12.1 Å². The fraction of sp³-hybridized carbons (Fsp3) is 0.250. The molecule has 0 saturated carbocycles. The molecule has 2 nitrogen and oxygen atoms in total. The molecule has 0 bridgehead atoms. The second-order valence-corrected chi connectivity index (χ2v) is 6.15. The van der Waals surface area contributed by atoms with Gasteiger partial charge in [0.2, 0.25) is 0 Å². The van der Waals surface area contributed by atoms with Crippen LogP contribution in [0.1, 0.15) is 47.8 Å². The molecule has 0 aliphatic heterocycles. The van der Waals surface area contributed by atoms with Gasteiger partial charge in [-0.05, 0) is 41.3 Å². The number of rotatable bonds is 2. The third-order valence-corrected chi connectivity index (χ3v) is 3.48. The van der Waals surface area contributed by atoms with E-state index >= 15 is 0 Å². The van der Waals surface area contributed by atoms with Crippen LogP contribution >= 0.6 is 0 Å². The van der Waals surface area contributed by atoms with Crippen LogP contribution in [0.5, 0.6) is 5.75 Å². The zero-order valence-electron chi connectivity index (χ0n) is 13.4. The van der Waals surface area contributed by atoms with Gasteiger partial charge in [-0.1, -0.05) is 44.7 Å². The van der Waals surface area contributed by atoms with Gasteiger partial charge in [0, 0.05) is 16.7 Å². The fourth-order valence-corrected chi connectivity index (χ4v) is 2.07. The van der Waals surface area contributed by atoms with Gasteiger partial charge < -0.3 is 4.74 Å². The summed E-state index contributed by atoms with van der Waals surface area (Å²) in [5, 5.41) is 0. The summed E-state index contributed by atoms with van der Waals surface area (Å²) < 4.78 is 5.11. The molecule has 0 radical (unpaired) electrons. The molecule has 0 aliphatic carbocycles. The zero-order chi connectivity index (χ0) is 16.2. The average Bonchev–Trinajstić information content (AvgIpc) is 2.52. The van der Waals surface area contributed by atoms with Crippen molar-refractivity contribution >= 4 is 6.29 Å². The Morgan fingerprint density at radius 3 is 2.23 bits per heavy atom. The number of methoxy groups -OCH3 is 1. The van der Waals surface area contributed by atoms with Crippen molar-refractivity contribution in [2.45, 2.75) is 26.2 Å². The van der Waals surface area contributed by atoms with Crippen LogP contribution in [0.3, 0.4) is 0 Å². The Hall–Kier alpha value is -2.53. The van der Waals surface area contributed by atoms with Crippen LogP contribution in [0.15, 0.2) is 42.5 Å². The number of carbonyl (C=O) groups excluding carboxylic acids is 1. The van der Waals surface area contributed by atoms with Gasteiger partial charge in [-0.25, -0.2) is 0 Å².